The van der Waals surface area contributed by atoms with Gasteiger partial charge >= 0.3 is 6.03 Å². The van der Waals surface area contributed by atoms with Gasteiger partial charge < -0.3 is 64.0 Å². The second-order valence-electron chi connectivity index (χ2n) is 14.0. The van der Waals surface area contributed by atoms with Crippen LogP contribution in [0.25, 0.3) is 0 Å². The highest BCUT2D eigenvalue weighted by molar-refractivity contribution is 6.32. The molecular formula is C41H56Cl2N16O7. The molecule has 23 nitrogen and oxygen atoms in total. The van der Waals surface area contributed by atoms with Crippen molar-refractivity contribution in [2.45, 2.75) is 38.5 Å². The molecule has 2 aromatic heterocycles. The van der Waals surface area contributed by atoms with Crippen LogP contribution < -0.4 is 65.1 Å². The highest BCUT2D eigenvalue weighted by Crippen LogP contribution is 2.19. The average molecular weight is 956 g/mol. The number of aliphatic imine (C=N–C) groups is 2. The van der Waals surface area contributed by atoms with E-state index in [0.29, 0.717) is 65.8 Å². The zero-order valence-electron chi connectivity index (χ0n) is 36.2. The van der Waals surface area contributed by atoms with Crippen LogP contribution in [0.2, 0.25) is 10.3 Å². The van der Waals surface area contributed by atoms with Crippen LogP contribution in [0.15, 0.2) is 58.5 Å². The SMILES string of the molecule is NC(=NCCCCc1ccc(OCCOCCNC(=O)NCCOCCOc2ccc(CCCCN=C(N)NC(=O)c3nc(Cl)c(N)nc3N)cc2)cc1)NC(=O)c1nc(Cl)c(N)nc1N. The fourth-order valence-corrected chi connectivity index (χ4v) is 5.86. The summed E-state index contributed by atoms with van der Waals surface area (Å²) in [6.45, 7) is 3.60. The Balaban J connectivity index is 0.924. The number of nitrogens with one attached hydrogen (secondary N) is 4. The molecule has 0 aliphatic rings. The van der Waals surface area contributed by atoms with E-state index >= 15 is 0 Å². The number of carbonyl (C=O) groups excluding carboxylic acids is 3. The number of urea groups is 1. The minimum atomic E-state index is -0.688. The van der Waals surface area contributed by atoms with E-state index in [1.165, 1.54) is 0 Å². The number of hydrogen-bond donors (Lipinski definition) is 10. The highest BCUT2D eigenvalue weighted by Gasteiger charge is 2.18. The molecule has 0 bridgehead atoms. The Morgan fingerprint density at radius 2 is 0.924 bits per heavy atom. The van der Waals surface area contributed by atoms with Crippen molar-refractivity contribution < 1.29 is 33.3 Å². The van der Waals surface area contributed by atoms with Crippen LogP contribution in [0, 0.1) is 0 Å². The molecule has 0 fully saturated rings. The lowest BCUT2D eigenvalue weighted by molar-refractivity contribution is 0.0964. The van der Waals surface area contributed by atoms with Crippen LogP contribution in [-0.2, 0) is 22.3 Å². The third kappa shape index (κ3) is 19.0. The number of hydrogen-bond acceptors (Lipinski definition) is 17. The minimum absolute atomic E-state index is 0.0722. The first kappa shape index (κ1) is 51.7. The van der Waals surface area contributed by atoms with Crippen molar-refractivity contribution in [1.29, 1.82) is 0 Å². The van der Waals surface area contributed by atoms with Crippen LogP contribution in [-0.4, -0.2) is 116 Å². The Morgan fingerprint density at radius 3 is 1.32 bits per heavy atom. The summed E-state index contributed by atoms with van der Waals surface area (Å²) in [5.41, 5.74) is 36.0. The maximum Gasteiger partial charge on any atom is 0.314 e. The van der Waals surface area contributed by atoms with E-state index in [1.54, 1.807) is 0 Å². The Bertz CT molecular complexity index is 2100. The van der Waals surface area contributed by atoms with Crippen molar-refractivity contribution in [2.24, 2.45) is 21.5 Å². The molecular weight excluding hydrogens is 899 g/mol. The number of aromatic nitrogens is 4. The Morgan fingerprint density at radius 1 is 0.530 bits per heavy atom. The molecule has 16 N–H and O–H groups in total. The van der Waals surface area contributed by atoms with Crippen molar-refractivity contribution in [2.75, 3.05) is 88.8 Å². The van der Waals surface area contributed by atoms with Crippen LogP contribution in [0.4, 0.5) is 28.1 Å². The molecule has 0 spiro atoms. The molecule has 0 atom stereocenters. The molecule has 4 amide bonds. The number of nitrogens with zero attached hydrogens (tertiary/aromatic N) is 6. The van der Waals surface area contributed by atoms with E-state index in [2.05, 4.69) is 51.2 Å². The minimum Gasteiger partial charge on any atom is -0.491 e. The van der Waals surface area contributed by atoms with E-state index in [-0.39, 0.29) is 62.9 Å². The molecule has 25 heteroatoms. The van der Waals surface area contributed by atoms with E-state index in [1.807, 2.05) is 48.5 Å². The molecule has 0 aliphatic carbocycles. The van der Waals surface area contributed by atoms with Gasteiger partial charge in [0.1, 0.15) is 24.7 Å². The number of nitrogen functional groups attached to an aromatic ring is 4. The zero-order valence-corrected chi connectivity index (χ0v) is 37.7. The number of amides is 4. The van der Waals surface area contributed by atoms with Crippen molar-refractivity contribution in [1.82, 2.24) is 41.2 Å². The van der Waals surface area contributed by atoms with E-state index in [4.69, 9.17) is 76.6 Å². The summed E-state index contributed by atoms with van der Waals surface area (Å²) in [7, 11) is 0. The van der Waals surface area contributed by atoms with Crippen molar-refractivity contribution in [3.05, 3.63) is 81.4 Å². The predicted octanol–water partition coefficient (Wildman–Crippen LogP) is 1.83. The van der Waals surface area contributed by atoms with Gasteiger partial charge in [-0.2, -0.15) is 0 Å². The predicted molar refractivity (Wildman–Crippen MR) is 252 cm³/mol. The van der Waals surface area contributed by atoms with E-state index in [9.17, 15) is 14.4 Å². The van der Waals surface area contributed by atoms with E-state index in [0.717, 1.165) is 61.2 Å². The van der Waals surface area contributed by atoms with Gasteiger partial charge in [-0.3, -0.25) is 30.2 Å². The molecule has 0 unspecified atom stereocenters. The molecule has 66 heavy (non-hydrogen) atoms. The van der Waals surface area contributed by atoms with Crippen LogP contribution in [0.5, 0.6) is 11.5 Å². The third-order valence-electron chi connectivity index (χ3n) is 8.94. The average Bonchev–Trinajstić information content (AvgIpc) is 3.28. The summed E-state index contributed by atoms with van der Waals surface area (Å²) >= 11 is 11.6. The number of carbonyl (C=O) groups is 3. The van der Waals surface area contributed by atoms with Crippen LogP contribution >= 0.6 is 23.2 Å². The first-order valence-corrected chi connectivity index (χ1v) is 21.5. The van der Waals surface area contributed by atoms with Crippen LogP contribution in [0.3, 0.4) is 0 Å². The molecule has 0 saturated carbocycles. The number of unbranched alkanes of at least 4 members (excludes halogenated alkanes) is 2. The fraction of sp³-hybridized carbons (Fsp3) is 0.390. The standard InChI is InChI=1S/C41H56Cl2N16O7/c42-31-35(46)56-33(44)29(54-31)37(60)58-39(48)50-15-3-1-5-25-7-11-27(12-8-25)65-23-21-63-19-17-52-41(62)53-18-20-64-22-24-66-28-13-9-26(10-14-28)6-2-4-16-51-40(49)59-38(61)30-34(45)57-36(47)32(43)55-30/h7-14H,1-6,15-24H2,(H4,44,46,56)(H4,45,47,57)(H2,52,53,62)(H3,48,50,58,60)(H3,49,51,59,61). The summed E-state index contributed by atoms with van der Waals surface area (Å²) in [6, 6.07) is 15.2. The second-order valence-corrected chi connectivity index (χ2v) is 14.7. The van der Waals surface area contributed by atoms with Gasteiger partial charge in [0, 0.05) is 26.2 Å². The summed E-state index contributed by atoms with van der Waals surface area (Å²) in [5.74, 6) is -0.576. The van der Waals surface area contributed by atoms with Gasteiger partial charge in [-0.05, 0) is 73.9 Å². The number of benzene rings is 2. The molecule has 0 saturated heterocycles. The Labute approximate surface area is 391 Å². The van der Waals surface area contributed by atoms with Gasteiger partial charge in [-0.15, -0.1) is 0 Å². The van der Waals surface area contributed by atoms with Gasteiger partial charge in [0.2, 0.25) is 0 Å². The summed E-state index contributed by atoms with van der Waals surface area (Å²) in [5, 5.41) is 10.0. The van der Waals surface area contributed by atoms with Gasteiger partial charge in [-0.1, -0.05) is 47.5 Å². The summed E-state index contributed by atoms with van der Waals surface area (Å²) < 4.78 is 22.6. The quantitative estimate of drug-likeness (QED) is 0.0244. The third-order valence-corrected chi connectivity index (χ3v) is 9.49. The molecule has 0 radical (unpaired) electrons. The Kier molecular flexibility index (Phi) is 22.0. The first-order valence-electron chi connectivity index (χ1n) is 20.8. The summed E-state index contributed by atoms with van der Waals surface area (Å²) in [6.07, 6.45) is 4.85. The van der Waals surface area contributed by atoms with Crippen LogP contribution in [0.1, 0.15) is 57.8 Å². The lowest BCUT2D eigenvalue weighted by Gasteiger charge is -2.10. The normalized spacial score (nSPS) is 11.5. The molecule has 4 aromatic rings. The number of rotatable bonds is 26. The molecule has 2 aromatic carbocycles. The molecule has 356 valence electrons. The molecule has 4 rings (SSSR count). The highest BCUT2D eigenvalue weighted by atomic mass is 35.5. The summed E-state index contributed by atoms with van der Waals surface area (Å²) in [4.78, 5) is 60.2. The number of anilines is 4. The van der Waals surface area contributed by atoms with Crippen molar-refractivity contribution in [3.8, 4) is 11.5 Å². The maximum atomic E-state index is 12.3. The zero-order chi connectivity index (χ0) is 47.7. The largest absolute Gasteiger partial charge is 0.491 e. The lowest BCUT2D eigenvalue weighted by Crippen LogP contribution is -2.39. The first-order chi connectivity index (χ1) is 31.8. The number of aryl methyl sites for hydroxylation is 2. The van der Waals surface area contributed by atoms with Gasteiger partial charge in [0.05, 0.1) is 26.4 Å². The number of nitrogens with two attached hydrogens (primary N) is 6. The topological polar surface area (TPSA) is 369 Å². The smallest absolute Gasteiger partial charge is 0.314 e. The van der Waals surface area contributed by atoms with Crippen molar-refractivity contribution in [3.63, 3.8) is 0 Å². The van der Waals surface area contributed by atoms with Gasteiger partial charge in [0.15, 0.2) is 56.9 Å². The van der Waals surface area contributed by atoms with Gasteiger partial charge in [0.25, 0.3) is 11.8 Å². The van der Waals surface area contributed by atoms with E-state index < -0.39 is 11.8 Å². The van der Waals surface area contributed by atoms with Gasteiger partial charge in [-0.25, -0.2) is 24.7 Å². The maximum absolute atomic E-state index is 12.3. The monoisotopic (exact) mass is 954 g/mol. The van der Waals surface area contributed by atoms with Crippen molar-refractivity contribution >= 4 is 76.2 Å². The number of guanidine groups is 2. The number of halogens is 2. The second kappa shape index (κ2) is 28.1. The fourth-order valence-electron chi connectivity index (χ4n) is 5.61. The molecule has 2 heterocycles. The number of ether oxygens (including phenoxy) is 4. The Hall–Kier alpha value is -6.95. The molecule has 0 aliphatic heterocycles. The lowest BCUT2D eigenvalue weighted by atomic mass is 10.1.